The molecule has 0 saturated carbocycles. The van der Waals surface area contributed by atoms with Gasteiger partial charge in [0.25, 0.3) is 0 Å². The van der Waals surface area contributed by atoms with Crippen molar-refractivity contribution in [1.82, 2.24) is 0 Å². The van der Waals surface area contributed by atoms with Gasteiger partial charge in [0.05, 0.1) is 7.11 Å². The van der Waals surface area contributed by atoms with Crippen molar-refractivity contribution in [3.63, 3.8) is 0 Å². The van der Waals surface area contributed by atoms with Crippen molar-refractivity contribution >= 4 is 12.4 Å². The van der Waals surface area contributed by atoms with E-state index in [1.165, 1.54) is 0 Å². The lowest BCUT2D eigenvalue weighted by Gasteiger charge is -2.30. The van der Waals surface area contributed by atoms with Crippen molar-refractivity contribution < 1.29 is 14.9 Å². The molecule has 1 aromatic carbocycles. The molecule has 1 atom stereocenters. The Balaban J connectivity index is 0.00000256. The molecule has 0 aliphatic rings. The quantitative estimate of drug-likeness (QED) is 0.773. The van der Waals surface area contributed by atoms with E-state index in [-0.39, 0.29) is 24.8 Å². The first-order valence-corrected chi connectivity index (χ1v) is 5.15. The number of halogens is 1. The van der Waals surface area contributed by atoms with Gasteiger partial charge in [-0.05, 0) is 18.2 Å². The molecule has 0 aromatic heterocycles. The average molecular weight is 262 g/mol. The highest BCUT2D eigenvalue weighted by molar-refractivity contribution is 5.85. The van der Waals surface area contributed by atoms with Crippen LogP contribution in [0.1, 0.15) is 25.5 Å². The van der Waals surface area contributed by atoms with Crippen LogP contribution in [0.15, 0.2) is 18.2 Å². The van der Waals surface area contributed by atoms with Gasteiger partial charge in [-0.2, -0.15) is 0 Å². The molecule has 17 heavy (non-hydrogen) atoms. The number of phenols is 1. The minimum atomic E-state index is -0.496. The van der Waals surface area contributed by atoms with Crippen LogP contribution < -0.4 is 10.5 Å². The molecular formula is C12H20ClNO3. The van der Waals surface area contributed by atoms with Gasteiger partial charge in [-0.25, -0.2) is 0 Å². The maximum atomic E-state index is 9.74. The second-order valence-corrected chi connectivity index (χ2v) is 4.55. The van der Waals surface area contributed by atoms with Gasteiger partial charge in [0.15, 0.2) is 0 Å². The number of aliphatic hydroxyl groups is 1. The molecule has 0 bridgehead atoms. The Morgan fingerprint density at radius 3 is 2.47 bits per heavy atom. The zero-order chi connectivity index (χ0) is 12.3. The minimum absolute atomic E-state index is 0. The molecule has 4 nitrogen and oxygen atoms in total. The number of hydrogen-bond donors (Lipinski definition) is 3. The third kappa shape index (κ3) is 3.49. The standard InChI is InChI=1S/C12H19NO3.ClH/c1-12(2,7-14)11(13)9-6-8(16-3)4-5-10(9)15;/h4-6,11,14-15H,7,13H2,1-3H3;1H/t11-;/m1./s1. The molecule has 0 fully saturated rings. The molecule has 0 radical (unpaired) electrons. The van der Waals surface area contributed by atoms with Crippen LogP contribution in [0.4, 0.5) is 0 Å². The van der Waals surface area contributed by atoms with Gasteiger partial charge in [0.2, 0.25) is 0 Å². The fourth-order valence-electron chi connectivity index (χ4n) is 1.43. The molecule has 0 heterocycles. The van der Waals surface area contributed by atoms with Crippen LogP contribution in [0, 0.1) is 5.41 Å². The number of ether oxygens (including phenoxy) is 1. The second kappa shape index (κ2) is 6.10. The zero-order valence-corrected chi connectivity index (χ0v) is 11.1. The van der Waals surface area contributed by atoms with E-state index in [1.807, 2.05) is 13.8 Å². The third-order valence-electron chi connectivity index (χ3n) is 2.82. The molecule has 0 amide bonds. The van der Waals surface area contributed by atoms with Gasteiger partial charge < -0.3 is 20.7 Å². The van der Waals surface area contributed by atoms with Gasteiger partial charge in [0, 0.05) is 23.6 Å². The summed E-state index contributed by atoms with van der Waals surface area (Å²) in [4.78, 5) is 0. The Morgan fingerprint density at radius 1 is 1.41 bits per heavy atom. The Labute approximate surface area is 108 Å². The van der Waals surface area contributed by atoms with E-state index in [1.54, 1.807) is 25.3 Å². The number of benzene rings is 1. The second-order valence-electron chi connectivity index (χ2n) is 4.55. The lowest BCUT2D eigenvalue weighted by Crippen LogP contribution is -2.32. The van der Waals surface area contributed by atoms with Crippen LogP contribution in [0.25, 0.3) is 0 Å². The lowest BCUT2D eigenvalue weighted by molar-refractivity contribution is 0.131. The molecule has 0 saturated heterocycles. The van der Waals surface area contributed by atoms with Gasteiger partial charge in [0.1, 0.15) is 11.5 Å². The summed E-state index contributed by atoms with van der Waals surface area (Å²) in [5.74, 6) is 0.756. The molecule has 0 aliphatic heterocycles. The average Bonchev–Trinajstić information content (AvgIpc) is 2.29. The highest BCUT2D eigenvalue weighted by atomic mass is 35.5. The van der Waals surface area contributed by atoms with Crippen LogP contribution in [0.3, 0.4) is 0 Å². The predicted molar refractivity (Wildman–Crippen MR) is 69.7 cm³/mol. The molecule has 98 valence electrons. The van der Waals surface area contributed by atoms with E-state index in [4.69, 9.17) is 10.5 Å². The normalized spacial score (nSPS) is 12.8. The van der Waals surface area contributed by atoms with E-state index in [2.05, 4.69) is 0 Å². The van der Waals surface area contributed by atoms with Crippen molar-refractivity contribution in [2.24, 2.45) is 11.1 Å². The van der Waals surface area contributed by atoms with Crippen molar-refractivity contribution in [2.45, 2.75) is 19.9 Å². The molecule has 0 aliphatic carbocycles. The Hall–Kier alpha value is -0.970. The summed E-state index contributed by atoms with van der Waals surface area (Å²) in [5, 5.41) is 19.0. The topological polar surface area (TPSA) is 75.7 Å². The van der Waals surface area contributed by atoms with Gasteiger partial charge in [-0.3, -0.25) is 0 Å². The van der Waals surface area contributed by atoms with Crippen LogP contribution in [0.5, 0.6) is 11.5 Å². The third-order valence-corrected chi connectivity index (χ3v) is 2.82. The van der Waals surface area contributed by atoms with Gasteiger partial charge >= 0.3 is 0 Å². The summed E-state index contributed by atoms with van der Waals surface area (Å²) >= 11 is 0. The number of hydrogen-bond acceptors (Lipinski definition) is 4. The Bertz CT molecular complexity index is 369. The van der Waals surface area contributed by atoms with Crippen LogP contribution in [-0.2, 0) is 0 Å². The van der Waals surface area contributed by atoms with E-state index >= 15 is 0 Å². The first-order chi connectivity index (χ1) is 7.42. The fraction of sp³-hybridized carbons (Fsp3) is 0.500. The first kappa shape index (κ1) is 16.0. The number of aliphatic hydroxyl groups excluding tert-OH is 1. The molecule has 5 heteroatoms. The van der Waals surface area contributed by atoms with Gasteiger partial charge in [-0.15, -0.1) is 12.4 Å². The smallest absolute Gasteiger partial charge is 0.120 e. The highest BCUT2D eigenvalue weighted by Gasteiger charge is 2.29. The Kier molecular flexibility index (Phi) is 5.75. The van der Waals surface area contributed by atoms with Crippen LogP contribution >= 0.6 is 12.4 Å². The van der Waals surface area contributed by atoms with Crippen LogP contribution in [-0.4, -0.2) is 23.9 Å². The lowest BCUT2D eigenvalue weighted by atomic mass is 9.81. The zero-order valence-electron chi connectivity index (χ0n) is 10.3. The summed E-state index contributed by atoms with van der Waals surface area (Å²) < 4.78 is 5.08. The minimum Gasteiger partial charge on any atom is -0.508 e. The first-order valence-electron chi connectivity index (χ1n) is 5.15. The number of nitrogens with two attached hydrogens (primary N) is 1. The van der Waals surface area contributed by atoms with E-state index < -0.39 is 11.5 Å². The van der Waals surface area contributed by atoms with Crippen molar-refractivity contribution in [3.8, 4) is 11.5 Å². The highest BCUT2D eigenvalue weighted by Crippen LogP contribution is 2.36. The summed E-state index contributed by atoms with van der Waals surface area (Å²) in [6, 6.07) is 4.45. The summed E-state index contributed by atoms with van der Waals surface area (Å²) in [5.41, 5.74) is 6.12. The molecule has 4 N–H and O–H groups in total. The summed E-state index contributed by atoms with van der Waals surface area (Å²) in [7, 11) is 1.55. The molecule has 0 unspecified atom stereocenters. The predicted octanol–water partition coefficient (Wildman–Crippen LogP) is 1.84. The maximum absolute atomic E-state index is 9.74. The summed E-state index contributed by atoms with van der Waals surface area (Å²) in [6.45, 7) is 3.64. The number of methoxy groups -OCH3 is 1. The van der Waals surface area contributed by atoms with Gasteiger partial charge in [-0.1, -0.05) is 13.8 Å². The number of phenolic OH excluding ortho intramolecular Hbond substituents is 1. The van der Waals surface area contributed by atoms with Crippen molar-refractivity contribution in [1.29, 1.82) is 0 Å². The molecular weight excluding hydrogens is 242 g/mol. The van der Waals surface area contributed by atoms with Crippen LogP contribution in [0.2, 0.25) is 0 Å². The number of aromatic hydroxyl groups is 1. The molecule has 0 spiro atoms. The molecule has 1 aromatic rings. The number of rotatable bonds is 4. The summed E-state index contributed by atoms with van der Waals surface area (Å²) in [6.07, 6.45) is 0. The van der Waals surface area contributed by atoms with E-state index in [9.17, 15) is 10.2 Å². The van der Waals surface area contributed by atoms with E-state index in [0.29, 0.717) is 11.3 Å². The molecule has 1 rings (SSSR count). The Morgan fingerprint density at radius 2 is 2.00 bits per heavy atom. The fourth-order valence-corrected chi connectivity index (χ4v) is 1.43. The van der Waals surface area contributed by atoms with E-state index in [0.717, 1.165) is 0 Å². The van der Waals surface area contributed by atoms with Crippen molar-refractivity contribution in [2.75, 3.05) is 13.7 Å². The SMILES string of the molecule is COc1ccc(O)c([C@@H](N)C(C)(C)CO)c1.Cl. The maximum Gasteiger partial charge on any atom is 0.120 e. The largest absolute Gasteiger partial charge is 0.508 e. The van der Waals surface area contributed by atoms with Crippen molar-refractivity contribution in [3.05, 3.63) is 23.8 Å². The monoisotopic (exact) mass is 261 g/mol.